The van der Waals surface area contributed by atoms with Gasteiger partial charge in [-0.2, -0.15) is 0 Å². The van der Waals surface area contributed by atoms with Crippen LogP contribution in [0.3, 0.4) is 0 Å². The number of amides is 3. The van der Waals surface area contributed by atoms with Crippen molar-refractivity contribution in [2.75, 3.05) is 57.3 Å². The van der Waals surface area contributed by atoms with Crippen LogP contribution in [0.4, 0.5) is 10.6 Å². The van der Waals surface area contributed by atoms with Gasteiger partial charge >= 0.3 is 6.03 Å². The van der Waals surface area contributed by atoms with Gasteiger partial charge in [0.05, 0.1) is 11.6 Å². The highest BCUT2D eigenvalue weighted by molar-refractivity contribution is 7.09. The van der Waals surface area contributed by atoms with Crippen LogP contribution < -0.4 is 19.7 Å². The van der Waals surface area contributed by atoms with E-state index >= 15 is 0 Å². The molecule has 1 atom stereocenters. The number of urea groups is 1. The molecule has 5 heterocycles. The zero-order chi connectivity index (χ0) is 26.6. The van der Waals surface area contributed by atoms with Crippen LogP contribution in [0.5, 0.6) is 11.5 Å². The van der Waals surface area contributed by atoms with Crippen LogP contribution in [0.15, 0.2) is 54.0 Å². The first-order chi connectivity index (χ1) is 19.1. The number of anilines is 1. The Morgan fingerprint density at radius 1 is 0.949 bits per heavy atom. The second-order valence-electron chi connectivity index (χ2n) is 9.98. The molecule has 3 aliphatic rings. The highest BCUT2D eigenvalue weighted by atomic mass is 32.1. The third-order valence-corrected chi connectivity index (χ3v) is 8.46. The monoisotopic (exact) mass is 548 g/mol. The summed E-state index contributed by atoms with van der Waals surface area (Å²) in [7, 11) is 0. The lowest BCUT2D eigenvalue weighted by Crippen LogP contribution is -2.54. The first kappa shape index (κ1) is 25.4. The molecule has 3 aliphatic heterocycles. The van der Waals surface area contributed by atoms with Gasteiger partial charge in [-0.1, -0.05) is 18.2 Å². The molecule has 2 fully saturated rings. The highest BCUT2D eigenvalue weighted by Crippen LogP contribution is 2.32. The summed E-state index contributed by atoms with van der Waals surface area (Å²) in [6, 6.07) is 13.5. The number of piperazine rings is 1. The van der Waals surface area contributed by atoms with E-state index in [0.717, 1.165) is 42.5 Å². The molecule has 1 unspecified atom stereocenters. The van der Waals surface area contributed by atoms with E-state index in [4.69, 9.17) is 9.47 Å². The zero-order valence-corrected chi connectivity index (χ0v) is 22.5. The van der Waals surface area contributed by atoms with Gasteiger partial charge in [-0.3, -0.25) is 4.79 Å². The van der Waals surface area contributed by atoms with Gasteiger partial charge in [-0.25, -0.2) is 14.8 Å². The number of nitrogens with zero attached hydrogens (tertiary/aromatic N) is 5. The van der Waals surface area contributed by atoms with Gasteiger partial charge < -0.3 is 29.5 Å². The second kappa shape index (κ2) is 11.5. The Labute approximate surface area is 231 Å². The zero-order valence-electron chi connectivity index (χ0n) is 21.7. The van der Waals surface area contributed by atoms with E-state index in [-0.39, 0.29) is 24.0 Å². The molecule has 3 aromatic rings. The van der Waals surface area contributed by atoms with Crippen LogP contribution in [0, 0.1) is 0 Å². The molecule has 0 saturated carbocycles. The quantitative estimate of drug-likeness (QED) is 0.523. The molecule has 11 heteroatoms. The first-order valence-corrected chi connectivity index (χ1v) is 14.3. The van der Waals surface area contributed by atoms with Crippen molar-refractivity contribution in [1.82, 2.24) is 25.1 Å². The van der Waals surface area contributed by atoms with Crippen LogP contribution in [-0.2, 0) is 0 Å². The summed E-state index contributed by atoms with van der Waals surface area (Å²) in [5, 5.41) is 5.70. The lowest BCUT2D eigenvalue weighted by molar-refractivity contribution is 0.0786. The van der Waals surface area contributed by atoms with Crippen molar-refractivity contribution in [2.45, 2.75) is 24.9 Å². The minimum absolute atomic E-state index is 0.116. The minimum Gasteiger partial charge on any atom is -0.486 e. The Balaban J connectivity index is 0.949. The maximum Gasteiger partial charge on any atom is 0.320 e. The van der Waals surface area contributed by atoms with E-state index in [0.29, 0.717) is 50.8 Å². The number of thiazole rings is 1. The molecule has 0 bridgehead atoms. The number of benzene rings is 1. The van der Waals surface area contributed by atoms with Crippen molar-refractivity contribution >= 4 is 29.1 Å². The summed E-state index contributed by atoms with van der Waals surface area (Å²) in [5.74, 6) is 2.42. The standard InChI is InChI=1S/C28H32N6O4S/c35-26(30-17-21-18-37-23-5-1-2-6-24(23)38-21)22-19-39-27(31-22)20-8-11-33(12-9-20)28(36)34-15-13-32(14-16-34)25-7-3-4-10-29-25/h1-7,10,19-21H,8-9,11-18H2,(H,30,35). The van der Waals surface area contributed by atoms with Crippen LogP contribution in [0.2, 0.25) is 0 Å². The fourth-order valence-electron chi connectivity index (χ4n) is 5.23. The number of carbonyl (C=O) groups is 2. The fraction of sp³-hybridized carbons (Fsp3) is 0.429. The average molecular weight is 549 g/mol. The molecule has 2 aromatic heterocycles. The number of ether oxygens (including phenoxy) is 2. The minimum atomic E-state index is -0.248. The number of hydrogen-bond donors (Lipinski definition) is 1. The normalized spacial score (nSPS) is 19.6. The van der Waals surface area contributed by atoms with Crippen LogP contribution in [0.1, 0.15) is 34.3 Å². The average Bonchev–Trinajstić information content (AvgIpc) is 3.51. The van der Waals surface area contributed by atoms with Gasteiger partial charge in [0.25, 0.3) is 5.91 Å². The largest absolute Gasteiger partial charge is 0.486 e. The Bertz CT molecular complexity index is 1290. The molecule has 39 heavy (non-hydrogen) atoms. The van der Waals surface area contributed by atoms with Gasteiger partial charge in [0.1, 0.15) is 24.2 Å². The lowest BCUT2D eigenvalue weighted by atomic mass is 9.98. The molecular weight excluding hydrogens is 516 g/mol. The molecular formula is C28H32N6O4S. The maximum absolute atomic E-state index is 13.1. The van der Waals surface area contributed by atoms with Gasteiger partial charge in [-0.15, -0.1) is 11.3 Å². The number of piperidine rings is 1. The molecule has 1 aromatic carbocycles. The van der Waals surface area contributed by atoms with Crippen LogP contribution in [0.25, 0.3) is 0 Å². The Hall–Kier alpha value is -3.86. The molecule has 0 radical (unpaired) electrons. The van der Waals surface area contributed by atoms with Gasteiger partial charge in [0.2, 0.25) is 0 Å². The fourth-order valence-corrected chi connectivity index (χ4v) is 6.20. The van der Waals surface area contributed by atoms with E-state index in [1.54, 1.807) is 6.20 Å². The number of para-hydroxylation sites is 2. The smallest absolute Gasteiger partial charge is 0.320 e. The summed E-state index contributed by atoms with van der Waals surface area (Å²) >= 11 is 1.52. The lowest BCUT2D eigenvalue weighted by Gasteiger charge is -2.39. The molecule has 204 valence electrons. The van der Waals surface area contributed by atoms with E-state index < -0.39 is 0 Å². The number of rotatable bonds is 5. The second-order valence-corrected chi connectivity index (χ2v) is 10.9. The molecule has 2 saturated heterocycles. The van der Waals surface area contributed by atoms with Crippen molar-refractivity contribution in [1.29, 1.82) is 0 Å². The Morgan fingerprint density at radius 2 is 1.69 bits per heavy atom. The summed E-state index contributed by atoms with van der Waals surface area (Å²) in [5.41, 5.74) is 0.427. The van der Waals surface area contributed by atoms with Crippen LogP contribution >= 0.6 is 11.3 Å². The molecule has 0 aliphatic carbocycles. The van der Waals surface area contributed by atoms with Gasteiger partial charge in [0, 0.05) is 56.8 Å². The predicted molar refractivity (Wildman–Crippen MR) is 148 cm³/mol. The van der Waals surface area contributed by atoms with Crippen molar-refractivity contribution in [3.63, 3.8) is 0 Å². The van der Waals surface area contributed by atoms with Crippen molar-refractivity contribution in [3.05, 3.63) is 64.7 Å². The third-order valence-electron chi connectivity index (χ3n) is 7.45. The number of likely N-dealkylation sites (tertiary alicyclic amines) is 1. The predicted octanol–water partition coefficient (Wildman–Crippen LogP) is 3.23. The third kappa shape index (κ3) is 5.78. The number of carbonyl (C=O) groups excluding carboxylic acids is 2. The topological polar surface area (TPSA) is 100 Å². The number of hydrogen-bond acceptors (Lipinski definition) is 8. The Morgan fingerprint density at radius 3 is 2.46 bits per heavy atom. The molecule has 1 N–H and O–H groups in total. The summed E-state index contributed by atoms with van der Waals surface area (Å²) in [4.78, 5) is 41.1. The van der Waals surface area contributed by atoms with E-state index in [2.05, 4.69) is 20.2 Å². The summed E-state index contributed by atoms with van der Waals surface area (Å²) in [6.45, 7) is 5.10. The molecule has 3 amide bonds. The van der Waals surface area contributed by atoms with Crippen LogP contribution in [-0.4, -0.2) is 90.2 Å². The number of aromatic nitrogens is 2. The van der Waals surface area contributed by atoms with Crippen molar-refractivity contribution in [2.24, 2.45) is 0 Å². The van der Waals surface area contributed by atoms with E-state index in [1.807, 2.05) is 57.6 Å². The maximum atomic E-state index is 13.1. The molecule has 0 spiro atoms. The van der Waals surface area contributed by atoms with Gasteiger partial charge in [0.15, 0.2) is 11.5 Å². The van der Waals surface area contributed by atoms with Gasteiger partial charge in [-0.05, 0) is 37.1 Å². The molecule has 10 nitrogen and oxygen atoms in total. The van der Waals surface area contributed by atoms with E-state index in [1.165, 1.54) is 11.3 Å². The highest BCUT2D eigenvalue weighted by Gasteiger charge is 2.31. The summed E-state index contributed by atoms with van der Waals surface area (Å²) < 4.78 is 11.6. The SMILES string of the molecule is O=C(NCC1COc2ccccc2O1)c1csc(C2CCN(C(=O)N3CCN(c4ccccn4)CC3)CC2)n1. The first-order valence-electron chi connectivity index (χ1n) is 13.5. The number of pyridine rings is 1. The Kier molecular flexibility index (Phi) is 7.49. The number of nitrogens with one attached hydrogen (secondary N) is 1. The summed E-state index contributed by atoms with van der Waals surface area (Å²) in [6.07, 6.45) is 3.25. The number of fused-ring (bicyclic) bond motifs is 1. The molecule has 6 rings (SSSR count). The van der Waals surface area contributed by atoms with E-state index in [9.17, 15) is 9.59 Å². The van der Waals surface area contributed by atoms with Crippen molar-refractivity contribution in [3.8, 4) is 11.5 Å². The van der Waals surface area contributed by atoms with Crippen molar-refractivity contribution < 1.29 is 19.1 Å².